The number of hydrogen-bond donors (Lipinski definition) is 3. The van der Waals surface area contributed by atoms with Gasteiger partial charge in [0.05, 0.1) is 17.1 Å². The van der Waals surface area contributed by atoms with E-state index in [-0.39, 0.29) is 11.5 Å². The standard InChI is InChI=1S/C15H14FN3O/c1-8-2-4-10(11(16)6-8)14(17)9-3-5-12-13(7-9)19-15(20)18-12/h2-7,14H,17H2,1H3,(H2,18,19,20). The minimum absolute atomic E-state index is 0.271. The van der Waals surface area contributed by atoms with Crippen molar-refractivity contribution in [1.82, 2.24) is 9.97 Å². The van der Waals surface area contributed by atoms with Gasteiger partial charge in [0.1, 0.15) is 5.82 Å². The number of nitrogens with two attached hydrogens (primary N) is 1. The van der Waals surface area contributed by atoms with E-state index in [9.17, 15) is 9.18 Å². The van der Waals surface area contributed by atoms with Crippen LogP contribution in [0.5, 0.6) is 0 Å². The minimum atomic E-state index is -0.571. The predicted octanol–water partition coefficient (Wildman–Crippen LogP) is 2.35. The number of aromatic amines is 2. The van der Waals surface area contributed by atoms with Gasteiger partial charge in [-0.3, -0.25) is 0 Å². The third-order valence-electron chi connectivity index (χ3n) is 3.39. The van der Waals surface area contributed by atoms with Crippen molar-refractivity contribution in [2.24, 2.45) is 5.73 Å². The van der Waals surface area contributed by atoms with E-state index in [0.29, 0.717) is 16.6 Å². The molecule has 4 N–H and O–H groups in total. The highest BCUT2D eigenvalue weighted by Crippen LogP contribution is 2.24. The van der Waals surface area contributed by atoms with Crippen molar-refractivity contribution < 1.29 is 4.39 Å². The van der Waals surface area contributed by atoms with Crippen molar-refractivity contribution in [3.8, 4) is 0 Å². The summed E-state index contributed by atoms with van der Waals surface area (Å²) >= 11 is 0. The highest BCUT2D eigenvalue weighted by Gasteiger charge is 2.14. The Hall–Kier alpha value is -2.40. The maximum atomic E-state index is 14.0. The Kier molecular flexibility index (Phi) is 2.91. The van der Waals surface area contributed by atoms with Gasteiger partial charge >= 0.3 is 5.69 Å². The number of aryl methyl sites for hydroxylation is 1. The maximum absolute atomic E-state index is 14.0. The second-order valence-corrected chi connectivity index (χ2v) is 4.89. The molecule has 1 unspecified atom stereocenters. The number of nitrogens with one attached hydrogen (secondary N) is 2. The normalized spacial score (nSPS) is 12.8. The van der Waals surface area contributed by atoms with E-state index < -0.39 is 6.04 Å². The molecule has 4 nitrogen and oxygen atoms in total. The van der Waals surface area contributed by atoms with Gasteiger partial charge in [0, 0.05) is 5.56 Å². The van der Waals surface area contributed by atoms with E-state index in [4.69, 9.17) is 5.73 Å². The fourth-order valence-electron chi connectivity index (χ4n) is 2.31. The van der Waals surface area contributed by atoms with Gasteiger partial charge < -0.3 is 15.7 Å². The summed E-state index contributed by atoms with van der Waals surface area (Å²) in [5.41, 5.74) is 9.25. The van der Waals surface area contributed by atoms with E-state index in [1.54, 1.807) is 24.3 Å². The van der Waals surface area contributed by atoms with Gasteiger partial charge in [-0.15, -0.1) is 0 Å². The molecule has 0 spiro atoms. The Morgan fingerprint density at radius 3 is 2.60 bits per heavy atom. The van der Waals surface area contributed by atoms with Crippen LogP contribution >= 0.6 is 0 Å². The first-order valence-electron chi connectivity index (χ1n) is 6.28. The number of aromatic nitrogens is 2. The SMILES string of the molecule is Cc1ccc(C(N)c2ccc3[nH]c(=O)[nH]c3c2)c(F)c1. The third-order valence-corrected chi connectivity index (χ3v) is 3.39. The van der Waals surface area contributed by atoms with Crippen LogP contribution in [0.25, 0.3) is 11.0 Å². The van der Waals surface area contributed by atoms with Crippen molar-refractivity contribution in [3.05, 3.63) is 69.4 Å². The van der Waals surface area contributed by atoms with Crippen LogP contribution < -0.4 is 11.4 Å². The molecule has 0 saturated heterocycles. The van der Waals surface area contributed by atoms with Crippen molar-refractivity contribution in [3.63, 3.8) is 0 Å². The van der Waals surface area contributed by atoms with Gasteiger partial charge in [0.15, 0.2) is 0 Å². The van der Waals surface area contributed by atoms with Crippen LogP contribution in [-0.2, 0) is 0 Å². The summed E-state index contributed by atoms with van der Waals surface area (Å²) in [5, 5.41) is 0. The van der Waals surface area contributed by atoms with E-state index in [1.165, 1.54) is 6.07 Å². The summed E-state index contributed by atoms with van der Waals surface area (Å²) in [6.45, 7) is 1.83. The molecule has 0 aliphatic carbocycles. The molecule has 102 valence electrons. The highest BCUT2D eigenvalue weighted by atomic mass is 19.1. The van der Waals surface area contributed by atoms with Gasteiger partial charge in [-0.1, -0.05) is 18.2 Å². The first kappa shape index (κ1) is 12.6. The summed E-state index contributed by atoms with van der Waals surface area (Å²) in [7, 11) is 0. The van der Waals surface area contributed by atoms with E-state index in [0.717, 1.165) is 11.1 Å². The fraction of sp³-hybridized carbons (Fsp3) is 0.133. The van der Waals surface area contributed by atoms with E-state index in [2.05, 4.69) is 9.97 Å². The lowest BCUT2D eigenvalue weighted by Gasteiger charge is -2.14. The number of H-pyrrole nitrogens is 2. The Morgan fingerprint density at radius 1 is 1.10 bits per heavy atom. The topological polar surface area (TPSA) is 74.7 Å². The number of benzene rings is 2. The fourth-order valence-corrected chi connectivity index (χ4v) is 2.31. The summed E-state index contributed by atoms with van der Waals surface area (Å²) in [5.74, 6) is -0.319. The zero-order chi connectivity index (χ0) is 14.3. The first-order chi connectivity index (χ1) is 9.54. The summed E-state index contributed by atoms with van der Waals surface area (Å²) in [6, 6.07) is 9.72. The molecule has 1 heterocycles. The van der Waals surface area contributed by atoms with Crippen LogP contribution in [0.3, 0.4) is 0 Å². The molecule has 0 aliphatic rings. The molecule has 5 heteroatoms. The van der Waals surface area contributed by atoms with Gasteiger partial charge in [-0.2, -0.15) is 0 Å². The van der Waals surface area contributed by atoms with Crippen molar-refractivity contribution >= 4 is 11.0 Å². The molecule has 0 fully saturated rings. The first-order valence-corrected chi connectivity index (χ1v) is 6.28. The van der Waals surface area contributed by atoms with Crippen molar-refractivity contribution in [2.75, 3.05) is 0 Å². The Morgan fingerprint density at radius 2 is 1.85 bits per heavy atom. The molecule has 0 aliphatic heterocycles. The average molecular weight is 271 g/mol. The van der Waals surface area contributed by atoms with Crippen LogP contribution in [0.2, 0.25) is 0 Å². The average Bonchev–Trinajstić information content (AvgIpc) is 2.77. The van der Waals surface area contributed by atoms with Crippen LogP contribution in [-0.4, -0.2) is 9.97 Å². The Bertz CT molecular complexity index is 834. The van der Waals surface area contributed by atoms with Crippen molar-refractivity contribution in [2.45, 2.75) is 13.0 Å². The quantitative estimate of drug-likeness (QED) is 0.669. The summed E-state index contributed by atoms with van der Waals surface area (Å²) in [4.78, 5) is 16.6. The maximum Gasteiger partial charge on any atom is 0.323 e. The minimum Gasteiger partial charge on any atom is -0.320 e. The number of imidazole rings is 1. The zero-order valence-corrected chi connectivity index (χ0v) is 10.9. The van der Waals surface area contributed by atoms with Gasteiger partial charge in [0.25, 0.3) is 0 Å². The molecule has 2 aromatic carbocycles. The number of rotatable bonds is 2. The largest absolute Gasteiger partial charge is 0.323 e. The number of hydrogen-bond acceptors (Lipinski definition) is 2. The van der Waals surface area contributed by atoms with Crippen LogP contribution in [0.4, 0.5) is 4.39 Å². The summed E-state index contributed by atoms with van der Waals surface area (Å²) < 4.78 is 14.0. The Labute approximate surface area is 114 Å². The summed E-state index contributed by atoms with van der Waals surface area (Å²) in [6.07, 6.45) is 0. The molecular formula is C15H14FN3O. The molecule has 1 aromatic heterocycles. The monoisotopic (exact) mass is 271 g/mol. The molecule has 3 aromatic rings. The van der Waals surface area contributed by atoms with Gasteiger partial charge in [-0.25, -0.2) is 9.18 Å². The number of fused-ring (bicyclic) bond motifs is 1. The number of halogens is 1. The van der Waals surface area contributed by atoms with E-state index in [1.807, 2.05) is 13.0 Å². The lowest BCUT2D eigenvalue weighted by atomic mass is 9.98. The van der Waals surface area contributed by atoms with Crippen LogP contribution in [0.15, 0.2) is 41.2 Å². The van der Waals surface area contributed by atoms with Gasteiger partial charge in [0.2, 0.25) is 0 Å². The molecular weight excluding hydrogens is 257 g/mol. The lowest BCUT2D eigenvalue weighted by Crippen LogP contribution is -2.13. The second-order valence-electron chi connectivity index (χ2n) is 4.89. The van der Waals surface area contributed by atoms with Crippen molar-refractivity contribution in [1.29, 1.82) is 0 Å². The van der Waals surface area contributed by atoms with Crippen LogP contribution in [0, 0.1) is 12.7 Å². The van der Waals surface area contributed by atoms with Gasteiger partial charge in [-0.05, 0) is 36.2 Å². The highest BCUT2D eigenvalue weighted by molar-refractivity contribution is 5.75. The second kappa shape index (κ2) is 4.61. The molecule has 0 amide bonds. The predicted molar refractivity (Wildman–Crippen MR) is 76.1 cm³/mol. The van der Waals surface area contributed by atoms with Crippen LogP contribution in [0.1, 0.15) is 22.7 Å². The molecule has 3 rings (SSSR count). The molecule has 0 radical (unpaired) electrons. The third kappa shape index (κ3) is 2.12. The molecule has 20 heavy (non-hydrogen) atoms. The Balaban J connectivity index is 2.06. The van der Waals surface area contributed by atoms with E-state index >= 15 is 0 Å². The zero-order valence-electron chi connectivity index (χ0n) is 10.9. The molecule has 1 atom stereocenters. The smallest absolute Gasteiger partial charge is 0.320 e. The molecule has 0 saturated carbocycles. The molecule has 0 bridgehead atoms. The lowest BCUT2D eigenvalue weighted by molar-refractivity contribution is 0.598.